The van der Waals surface area contributed by atoms with E-state index in [-0.39, 0.29) is 5.91 Å². The van der Waals surface area contributed by atoms with E-state index in [0.29, 0.717) is 25.6 Å². The topological polar surface area (TPSA) is 55.1 Å². The number of carbonyl (C=O) groups excluding carboxylic acids is 1. The summed E-state index contributed by atoms with van der Waals surface area (Å²) < 4.78 is 0.851. The van der Waals surface area contributed by atoms with Gasteiger partial charge in [-0.3, -0.25) is 4.79 Å². The molecule has 1 amide bonds. The third kappa shape index (κ3) is 2.91. The Hall–Kier alpha value is -1.23. The molecule has 1 heterocycles. The van der Waals surface area contributed by atoms with Gasteiger partial charge in [-0.15, -0.1) is 11.3 Å². The van der Waals surface area contributed by atoms with E-state index in [1.807, 2.05) is 0 Å². The van der Waals surface area contributed by atoms with E-state index in [4.69, 9.17) is 28.9 Å². The third-order valence-electron chi connectivity index (χ3n) is 2.05. The molecule has 0 spiro atoms. The number of hydrogen-bond acceptors (Lipinski definition) is 3. The Bertz CT molecular complexity index is 568. The van der Waals surface area contributed by atoms with Crippen molar-refractivity contribution in [2.24, 2.45) is 0 Å². The second-order valence-electron chi connectivity index (χ2n) is 3.32. The van der Waals surface area contributed by atoms with E-state index in [2.05, 4.69) is 5.32 Å². The van der Waals surface area contributed by atoms with Crippen molar-refractivity contribution >= 4 is 51.8 Å². The maximum atomic E-state index is 11.9. The highest BCUT2D eigenvalue weighted by Gasteiger charge is 2.14. The molecule has 0 aliphatic rings. The number of amides is 1. The van der Waals surface area contributed by atoms with E-state index >= 15 is 0 Å². The number of nitrogen functional groups attached to an aromatic ring is 1. The number of benzene rings is 1. The fraction of sp³-hybridized carbons (Fsp3) is 0. The molecular weight excluding hydrogens is 279 g/mol. The van der Waals surface area contributed by atoms with Gasteiger partial charge >= 0.3 is 0 Å². The van der Waals surface area contributed by atoms with Crippen molar-refractivity contribution in [1.82, 2.24) is 0 Å². The van der Waals surface area contributed by atoms with Crippen LogP contribution in [-0.4, -0.2) is 5.91 Å². The van der Waals surface area contributed by atoms with Crippen molar-refractivity contribution in [2.45, 2.75) is 0 Å². The van der Waals surface area contributed by atoms with Gasteiger partial charge in [0.15, 0.2) is 0 Å². The summed E-state index contributed by atoms with van der Waals surface area (Å²) in [5.74, 6) is -0.302. The van der Waals surface area contributed by atoms with Crippen LogP contribution in [0.4, 0.5) is 11.4 Å². The molecule has 0 radical (unpaired) electrons. The van der Waals surface area contributed by atoms with Gasteiger partial charge < -0.3 is 11.1 Å². The van der Waals surface area contributed by atoms with Crippen LogP contribution in [0.5, 0.6) is 0 Å². The lowest BCUT2D eigenvalue weighted by Gasteiger charge is -2.04. The molecule has 0 atom stereocenters. The summed E-state index contributed by atoms with van der Waals surface area (Å²) in [6, 6.07) is 8.45. The first-order valence-electron chi connectivity index (χ1n) is 4.68. The maximum Gasteiger partial charge on any atom is 0.258 e. The van der Waals surface area contributed by atoms with Crippen molar-refractivity contribution in [2.75, 3.05) is 11.1 Å². The van der Waals surface area contributed by atoms with Gasteiger partial charge in [-0.25, -0.2) is 0 Å². The Kier molecular flexibility index (Phi) is 3.57. The quantitative estimate of drug-likeness (QED) is 0.823. The Morgan fingerprint density at radius 2 is 2.06 bits per heavy atom. The van der Waals surface area contributed by atoms with Gasteiger partial charge in [-0.05, 0) is 24.3 Å². The number of nitrogens with two attached hydrogens (primary N) is 1. The van der Waals surface area contributed by atoms with Crippen molar-refractivity contribution in [1.29, 1.82) is 0 Å². The maximum absolute atomic E-state index is 11.9. The lowest BCUT2D eigenvalue weighted by molar-refractivity contribution is 0.102. The summed E-state index contributed by atoms with van der Waals surface area (Å²) in [6.45, 7) is 0. The normalized spacial score (nSPS) is 10.2. The molecule has 1 aromatic carbocycles. The average Bonchev–Trinajstić information content (AvgIpc) is 2.58. The molecule has 0 saturated heterocycles. The van der Waals surface area contributed by atoms with Crippen LogP contribution in [0.1, 0.15) is 10.4 Å². The Labute approximate surface area is 112 Å². The molecule has 3 nitrogen and oxygen atoms in total. The second-order valence-corrected chi connectivity index (χ2v) is 5.60. The Morgan fingerprint density at radius 1 is 1.29 bits per heavy atom. The van der Waals surface area contributed by atoms with Crippen molar-refractivity contribution in [3.8, 4) is 0 Å². The molecular formula is C11H8Cl2N2OS. The third-order valence-corrected chi connectivity index (χ3v) is 3.53. The van der Waals surface area contributed by atoms with Gasteiger partial charge in [0.1, 0.15) is 4.34 Å². The molecule has 1 aromatic heterocycles. The van der Waals surface area contributed by atoms with Crippen molar-refractivity contribution in [3.63, 3.8) is 0 Å². The molecule has 6 heteroatoms. The largest absolute Gasteiger partial charge is 0.399 e. The highest BCUT2D eigenvalue weighted by atomic mass is 35.5. The van der Waals surface area contributed by atoms with Crippen LogP contribution in [0.3, 0.4) is 0 Å². The van der Waals surface area contributed by atoms with Crippen molar-refractivity contribution in [3.05, 3.63) is 44.6 Å². The molecule has 0 aliphatic heterocycles. The summed E-state index contributed by atoms with van der Waals surface area (Å²) in [6.07, 6.45) is 0. The van der Waals surface area contributed by atoms with Crippen LogP contribution >= 0.6 is 34.5 Å². The smallest absolute Gasteiger partial charge is 0.258 e. The molecule has 3 N–H and O–H groups in total. The lowest BCUT2D eigenvalue weighted by atomic mass is 10.2. The van der Waals surface area contributed by atoms with Gasteiger partial charge in [-0.2, -0.15) is 0 Å². The molecule has 0 bridgehead atoms. The van der Waals surface area contributed by atoms with E-state index < -0.39 is 0 Å². The minimum atomic E-state index is -0.302. The molecule has 0 fully saturated rings. The molecule has 0 aliphatic carbocycles. The average molecular weight is 287 g/mol. The first-order valence-corrected chi connectivity index (χ1v) is 6.25. The van der Waals surface area contributed by atoms with E-state index in [0.717, 1.165) is 11.3 Å². The minimum Gasteiger partial charge on any atom is -0.399 e. The number of halogens is 2. The van der Waals surface area contributed by atoms with Gasteiger partial charge in [0, 0.05) is 11.4 Å². The number of rotatable bonds is 2. The fourth-order valence-electron chi connectivity index (χ4n) is 1.31. The van der Waals surface area contributed by atoms with E-state index in [1.54, 1.807) is 24.3 Å². The number of carbonyl (C=O) groups is 1. The minimum absolute atomic E-state index is 0.302. The Balaban J connectivity index is 2.20. The zero-order valence-electron chi connectivity index (χ0n) is 8.54. The first kappa shape index (κ1) is 12.2. The zero-order valence-corrected chi connectivity index (χ0v) is 10.9. The number of thiophene rings is 1. The number of anilines is 2. The fourth-order valence-corrected chi connectivity index (χ4v) is 2.77. The summed E-state index contributed by atoms with van der Waals surface area (Å²) in [5, 5.41) is 2.70. The summed E-state index contributed by atoms with van der Waals surface area (Å²) >= 11 is 12.8. The number of nitrogens with one attached hydrogen (secondary N) is 1. The molecule has 0 unspecified atom stereocenters. The molecule has 2 rings (SSSR count). The number of hydrogen-bond donors (Lipinski definition) is 2. The zero-order chi connectivity index (χ0) is 12.4. The lowest BCUT2D eigenvalue weighted by Crippen LogP contribution is -2.11. The van der Waals surface area contributed by atoms with Crippen LogP contribution in [-0.2, 0) is 0 Å². The second kappa shape index (κ2) is 4.96. The predicted octanol–water partition coefficient (Wildman–Crippen LogP) is 3.89. The van der Waals surface area contributed by atoms with Crippen LogP contribution in [0.15, 0.2) is 30.3 Å². The van der Waals surface area contributed by atoms with Crippen LogP contribution < -0.4 is 11.1 Å². The highest BCUT2D eigenvalue weighted by Crippen LogP contribution is 2.31. The van der Waals surface area contributed by atoms with E-state index in [9.17, 15) is 4.79 Å². The summed E-state index contributed by atoms with van der Waals surface area (Å²) in [7, 11) is 0. The van der Waals surface area contributed by atoms with Gasteiger partial charge in [-0.1, -0.05) is 29.3 Å². The molecule has 17 heavy (non-hydrogen) atoms. The predicted molar refractivity (Wildman–Crippen MR) is 73.1 cm³/mol. The van der Waals surface area contributed by atoms with E-state index in [1.165, 1.54) is 6.07 Å². The summed E-state index contributed by atoms with van der Waals surface area (Å²) in [4.78, 5) is 11.9. The standard InChI is InChI=1S/C11H8Cl2N2OS/c12-9-5-8(10(13)17-9)11(16)15-7-3-1-2-6(14)4-7/h1-5H,14H2,(H,15,16). The molecule has 0 saturated carbocycles. The first-order chi connectivity index (χ1) is 8.06. The molecule has 88 valence electrons. The van der Waals surface area contributed by atoms with Gasteiger partial charge in [0.05, 0.1) is 9.90 Å². The summed E-state index contributed by atoms with van der Waals surface area (Å²) in [5.41, 5.74) is 7.18. The Morgan fingerprint density at radius 3 is 2.65 bits per heavy atom. The molecule has 2 aromatic rings. The van der Waals surface area contributed by atoms with Crippen LogP contribution in [0.2, 0.25) is 8.67 Å². The van der Waals surface area contributed by atoms with Gasteiger partial charge in [0.25, 0.3) is 5.91 Å². The van der Waals surface area contributed by atoms with Crippen LogP contribution in [0, 0.1) is 0 Å². The van der Waals surface area contributed by atoms with Crippen molar-refractivity contribution < 1.29 is 4.79 Å². The van der Waals surface area contributed by atoms with Crippen LogP contribution in [0.25, 0.3) is 0 Å². The highest BCUT2D eigenvalue weighted by molar-refractivity contribution is 7.20. The monoisotopic (exact) mass is 286 g/mol. The van der Waals surface area contributed by atoms with Gasteiger partial charge in [0.2, 0.25) is 0 Å². The SMILES string of the molecule is Nc1cccc(NC(=O)c2cc(Cl)sc2Cl)c1.